The number of pyridine rings is 1. The van der Waals surface area contributed by atoms with Gasteiger partial charge in [-0.05, 0) is 25.1 Å². The number of para-hydroxylation sites is 2. The summed E-state index contributed by atoms with van der Waals surface area (Å²) in [4.78, 5) is 3.95. The van der Waals surface area contributed by atoms with Gasteiger partial charge >= 0.3 is 0 Å². The maximum Gasteiger partial charge on any atom is 0.263 e. The molecule has 1 aromatic carbocycles. The molecule has 0 aliphatic heterocycles. The van der Waals surface area contributed by atoms with Gasteiger partial charge < -0.3 is 10.3 Å². The smallest absolute Gasteiger partial charge is 0.263 e. The number of nitriles is 1. The minimum atomic E-state index is -3.97. The van der Waals surface area contributed by atoms with Gasteiger partial charge in [0.1, 0.15) is 22.3 Å². The summed E-state index contributed by atoms with van der Waals surface area (Å²) in [6.07, 6.45) is 2.50. The molecular formula is C17H13N7O3S. The fraction of sp³-hybridized carbons (Fsp3) is 0.0588. The summed E-state index contributed by atoms with van der Waals surface area (Å²) < 4.78 is 34.6. The van der Waals surface area contributed by atoms with Crippen LogP contribution in [0.1, 0.15) is 11.3 Å². The first-order valence-electron chi connectivity index (χ1n) is 7.98. The molecule has 0 spiro atoms. The fourth-order valence-electron chi connectivity index (χ4n) is 2.66. The standard InChI is InChI=1S/C17H13N7O3S/c1-10-13-6-12(9-20-17(13)27-22-10)28(25,26)23-14-4-2-3-5-15(14)24-16(19)11(7-18)8-21-24/h2-6,8-9,23H,19H2,1H3. The summed E-state index contributed by atoms with van der Waals surface area (Å²) in [6.45, 7) is 1.69. The number of nitrogens with one attached hydrogen (secondary N) is 1. The number of nitrogens with two attached hydrogens (primary N) is 1. The van der Waals surface area contributed by atoms with Gasteiger partial charge in [-0.1, -0.05) is 17.3 Å². The zero-order valence-electron chi connectivity index (χ0n) is 14.5. The van der Waals surface area contributed by atoms with Crippen LogP contribution in [0.2, 0.25) is 0 Å². The lowest BCUT2D eigenvalue weighted by molar-refractivity contribution is 0.442. The van der Waals surface area contributed by atoms with Crippen LogP contribution in [0.3, 0.4) is 0 Å². The maximum absolute atomic E-state index is 12.9. The highest BCUT2D eigenvalue weighted by molar-refractivity contribution is 7.92. The van der Waals surface area contributed by atoms with Crippen molar-refractivity contribution < 1.29 is 12.9 Å². The predicted molar refractivity (Wildman–Crippen MR) is 100 cm³/mol. The van der Waals surface area contributed by atoms with Gasteiger partial charge in [0, 0.05) is 0 Å². The van der Waals surface area contributed by atoms with E-state index in [0.717, 1.165) is 0 Å². The first kappa shape index (κ1) is 17.5. The Bertz CT molecular complexity index is 1350. The van der Waals surface area contributed by atoms with Crippen LogP contribution >= 0.6 is 0 Å². The molecule has 0 unspecified atom stereocenters. The number of aromatic nitrogens is 4. The molecule has 0 atom stereocenters. The van der Waals surface area contributed by atoms with Gasteiger partial charge in [0.05, 0.1) is 34.8 Å². The van der Waals surface area contributed by atoms with E-state index in [0.29, 0.717) is 16.8 Å². The van der Waals surface area contributed by atoms with Crippen LogP contribution in [0.5, 0.6) is 0 Å². The molecule has 0 aliphatic rings. The molecular weight excluding hydrogens is 382 g/mol. The number of hydrogen-bond acceptors (Lipinski definition) is 8. The number of aryl methyl sites for hydroxylation is 1. The molecule has 0 bridgehead atoms. The summed E-state index contributed by atoms with van der Waals surface area (Å²) in [5, 5.41) is 17.4. The van der Waals surface area contributed by atoms with E-state index in [-0.39, 0.29) is 27.7 Å². The van der Waals surface area contributed by atoms with Crippen LogP contribution in [0, 0.1) is 18.3 Å². The Kier molecular flexibility index (Phi) is 3.98. The molecule has 0 fully saturated rings. The molecule has 11 heteroatoms. The number of anilines is 2. The molecule has 10 nitrogen and oxygen atoms in total. The van der Waals surface area contributed by atoms with Crippen molar-refractivity contribution in [3.63, 3.8) is 0 Å². The highest BCUT2D eigenvalue weighted by Gasteiger charge is 2.20. The number of hydrogen-bond donors (Lipinski definition) is 2. The molecule has 3 aromatic heterocycles. The van der Waals surface area contributed by atoms with Crippen molar-refractivity contribution in [2.45, 2.75) is 11.8 Å². The largest absolute Gasteiger partial charge is 0.382 e. The third-order valence-corrected chi connectivity index (χ3v) is 5.43. The Labute approximate surface area is 159 Å². The number of fused-ring (bicyclic) bond motifs is 1. The Morgan fingerprint density at radius 2 is 2.07 bits per heavy atom. The molecule has 3 N–H and O–H groups in total. The number of nitrogens with zero attached hydrogens (tertiary/aromatic N) is 5. The predicted octanol–water partition coefficient (Wildman–Crippen LogP) is 1.97. The Balaban J connectivity index is 1.77. The van der Waals surface area contributed by atoms with Gasteiger partial charge in [-0.2, -0.15) is 10.4 Å². The molecule has 140 valence electrons. The van der Waals surface area contributed by atoms with E-state index in [1.54, 1.807) is 31.2 Å². The third kappa shape index (κ3) is 2.81. The van der Waals surface area contributed by atoms with E-state index >= 15 is 0 Å². The molecule has 28 heavy (non-hydrogen) atoms. The van der Waals surface area contributed by atoms with Crippen LogP contribution < -0.4 is 10.5 Å². The monoisotopic (exact) mass is 395 g/mol. The topological polar surface area (TPSA) is 153 Å². The van der Waals surface area contributed by atoms with E-state index in [1.165, 1.54) is 23.1 Å². The molecule has 0 aliphatic carbocycles. The molecule has 3 heterocycles. The van der Waals surface area contributed by atoms with Crippen molar-refractivity contribution in [2.24, 2.45) is 0 Å². The van der Waals surface area contributed by atoms with Crippen LogP contribution in [0.15, 0.2) is 52.1 Å². The normalized spacial score (nSPS) is 11.4. The van der Waals surface area contributed by atoms with Crippen molar-refractivity contribution >= 4 is 32.6 Å². The number of benzene rings is 1. The summed E-state index contributed by atoms with van der Waals surface area (Å²) in [7, 11) is -3.97. The number of sulfonamides is 1. The van der Waals surface area contributed by atoms with Crippen molar-refractivity contribution in [1.82, 2.24) is 19.9 Å². The summed E-state index contributed by atoms with van der Waals surface area (Å²) in [5.41, 5.74) is 7.53. The van der Waals surface area contributed by atoms with Crippen molar-refractivity contribution in [3.8, 4) is 11.8 Å². The van der Waals surface area contributed by atoms with E-state index in [2.05, 4.69) is 20.0 Å². The Morgan fingerprint density at radius 1 is 1.29 bits per heavy atom. The number of rotatable bonds is 4. The second kappa shape index (κ2) is 6.36. The minimum absolute atomic E-state index is 0.0488. The van der Waals surface area contributed by atoms with Gasteiger partial charge in [0.25, 0.3) is 15.7 Å². The van der Waals surface area contributed by atoms with Gasteiger partial charge in [0.2, 0.25) is 0 Å². The third-order valence-electron chi connectivity index (χ3n) is 4.10. The summed E-state index contributed by atoms with van der Waals surface area (Å²) in [5.74, 6) is 0.109. The van der Waals surface area contributed by atoms with E-state index in [1.807, 2.05) is 6.07 Å². The van der Waals surface area contributed by atoms with Crippen molar-refractivity contribution in [2.75, 3.05) is 10.5 Å². The molecule has 0 saturated carbocycles. The van der Waals surface area contributed by atoms with Crippen LogP contribution in [0.4, 0.5) is 11.5 Å². The lowest BCUT2D eigenvalue weighted by Crippen LogP contribution is -2.15. The van der Waals surface area contributed by atoms with Crippen LogP contribution in [-0.4, -0.2) is 28.3 Å². The zero-order valence-corrected chi connectivity index (χ0v) is 15.3. The Morgan fingerprint density at radius 3 is 2.82 bits per heavy atom. The quantitative estimate of drug-likeness (QED) is 0.532. The highest BCUT2D eigenvalue weighted by atomic mass is 32.2. The second-order valence-electron chi connectivity index (χ2n) is 5.88. The van der Waals surface area contributed by atoms with Crippen molar-refractivity contribution in [1.29, 1.82) is 5.26 Å². The number of nitrogen functional groups attached to an aromatic ring is 1. The second-order valence-corrected chi connectivity index (χ2v) is 7.56. The average Bonchev–Trinajstić information content (AvgIpc) is 3.24. The molecule has 0 amide bonds. The lowest BCUT2D eigenvalue weighted by Gasteiger charge is -2.13. The van der Waals surface area contributed by atoms with Gasteiger partial charge in [-0.25, -0.2) is 18.1 Å². The van der Waals surface area contributed by atoms with E-state index < -0.39 is 10.0 Å². The Hall–Kier alpha value is -3.91. The van der Waals surface area contributed by atoms with Gasteiger partial charge in [-0.15, -0.1) is 0 Å². The van der Waals surface area contributed by atoms with E-state index in [4.69, 9.17) is 15.5 Å². The van der Waals surface area contributed by atoms with E-state index in [9.17, 15) is 8.42 Å². The summed E-state index contributed by atoms with van der Waals surface area (Å²) in [6, 6.07) is 9.93. The maximum atomic E-state index is 12.9. The first-order chi connectivity index (χ1) is 13.4. The highest BCUT2D eigenvalue weighted by Crippen LogP contribution is 2.27. The van der Waals surface area contributed by atoms with Gasteiger partial charge in [0.15, 0.2) is 0 Å². The summed E-state index contributed by atoms with van der Waals surface area (Å²) >= 11 is 0. The van der Waals surface area contributed by atoms with Crippen LogP contribution in [0.25, 0.3) is 16.8 Å². The lowest BCUT2D eigenvalue weighted by atomic mass is 10.2. The molecule has 0 radical (unpaired) electrons. The minimum Gasteiger partial charge on any atom is -0.382 e. The van der Waals surface area contributed by atoms with Crippen molar-refractivity contribution in [3.05, 3.63) is 54.0 Å². The molecule has 0 saturated heterocycles. The fourth-order valence-corrected chi connectivity index (χ4v) is 3.70. The first-order valence-corrected chi connectivity index (χ1v) is 9.47. The molecule has 4 aromatic rings. The molecule has 4 rings (SSSR count). The zero-order chi connectivity index (χ0) is 19.9. The van der Waals surface area contributed by atoms with Gasteiger partial charge in [-0.3, -0.25) is 4.72 Å². The van der Waals surface area contributed by atoms with Crippen LogP contribution in [-0.2, 0) is 10.0 Å². The SMILES string of the molecule is Cc1noc2ncc(S(=O)(=O)Nc3ccccc3-n3ncc(C#N)c3N)cc12. The average molecular weight is 395 g/mol.